The van der Waals surface area contributed by atoms with Gasteiger partial charge in [0.05, 0.1) is 0 Å². The van der Waals surface area contributed by atoms with Gasteiger partial charge in [0.2, 0.25) is 5.91 Å². The number of nitrogens with zero attached hydrogens (tertiary/aromatic N) is 1. The number of benzene rings is 1. The van der Waals surface area contributed by atoms with Crippen molar-refractivity contribution in [3.63, 3.8) is 0 Å². The van der Waals surface area contributed by atoms with Gasteiger partial charge in [0.15, 0.2) is 0 Å². The highest BCUT2D eigenvalue weighted by atomic mass is 79.9. The highest BCUT2D eigenvalue weighted by Crippen LogP contribution is 2.20. The van der Waals surface area contributed by atoms with Gasteiger partial charge in [-0.2, -0.15) is 0 Å². The van der Waals surface area contributed by atoms with Crippen LogP contribution in [0.15, 0.2) is 28.7 Å². The van der Waals surface area contributed by atoms with Crippen molar-refractivity contribution in [2.45, 2.75) is 25.8 Å². The monoisotopic (exact) mass is 353 g/mol. The lowest BCUT2D eigenvalue weighted by Crippen LogP contribution is -2.44. The SMILES string of the molecule is CC[C@]1(C)NC(=O)N(CC(=O)Nc2ccc(Br)cc2)C1=O. The molecular weight excluding hydrogens is 338 g/mol. The highest BCUT2D eigenvalue weighted by molar-refractivity contribution is 9.10. The zero-order valence-corrected chi connectivity index (χ0v) is 13.4. The molecule has 0 bridgehead atoms. The average molecular weight is 354 g/mol. The third kappa shape index (κ3) is 3.24. The van der Waals surface area contributed by atoms with Crippen molar-refractivity contribution >= 4 is 39.5 Å². The van der Waals surface area contributed by atoms with Crippen molar-refractivity contribution in [1.82, 2.24) is 10.2 Å². The standard InChI is InChI=1S/C14H16BrN3O3/c1-3-14(2)12(20)18(13(21)17-14)8-11(19)16-10-6-4-9(15)5-7-10/h4-7H,3,8H2,1-2H3,(H,16,19)(H,17,21)/t14-/m0/s1. The van der Waals surface area contributed by atoms with Crippen LogP contribution in [0.3, 0.4) is 0 Å². The van der Waals surface area contributed by atoms with Gasteiger partial charge in [-0.1, -0.05) is 22.9 Å². The van der Waals surface area contributed by atoms with Crippen LogP contribution in [0.25, 0.3) is 0 Å². The van der Waals surface area contributed by atoms with Gasteiger partial charge < -0.3 is 10.6 Å². The largest absolute Gasteiger partial charge is 0.325 e. The van der Waals surface area contributed by atoms with Crippen LogP contribution in [0.4, 0.5) is 10.5 Å². The minimum atomic E-state index is -0.922. The normalized spacial score (nSPS) is 21.4. The first-order valence-electron chi connectivity index (χ1n) is 6.55. The van der Waals surface area contributed by atoms with Crippen molar-refractivity contribution < 1.29 is 14.4 Å². The smallest absolute Gasteiger partial charge is 0.325 e. The second-order valence-corrected chi connectivity index (χ2v) is 5.98. The lowest BCUT2D eigenvalue weighted by atomic mass is 9.99. The van der Waals surface area contributed by atoms with Crippen molar-refractivity contribution in [2.24, 2.45) is 0 Å². The van der Waals surface area contributed by atoms with Crippen molar-refractivity contribution in [3.05, 3.63) is 28.7 Å². The zero-order valence-electron chi connectivity index (χ0n) is 11.8. The first kappa shape index (κ1) is 15.5. The Balaban J connectivity index is 2.01. The van der Waals surface area contributed by atoms with Crippen LogP contribution in [0.2, 0.25) is 0 Å². The molecule has 6 nitrogen and oxygen atoms in total. The average Bonchev–Trinajstić information content (AvgIpc) is 2.66. The topological polar surface area (TPSA) is 78.5 Å². The molecule has 0 saturated carbocycles. The van der Waals surface area contributed by atoms with E-state index in [1.807, 2.05) is 6.92 Å². The summed E-state index contributed by atoms with van der Waals surface area (Å²) in [5, 5.41) is 5.26. The van der Waals surface area contributed by atoms with Crippen LogP contribution in [0.5, 0.6) is 0 Å². The summed E-state index contributed by atoms with van der Waals surface area (Å²) >= 11 is 3.30. The van der Waals surface area contributed by atoms with E-state index in [9.17, 15) is 14.4 Å². The van der Waals surface area contributed by atoms with Crippen LogP contribution in [0.1, 0.15) is 20.3 Å². The molecule has 0 spiro atoms. The molecule has 0 aliphatic carbocycles. The molecule has 1 aliphatic heterocycles. The molecule has 112 valence electrons. The van der Waals surface area contributed by atoms with Crippen LogP contribution >= 0.6 is 15.9 Å². The molecule has 0 radical (unpaired) electrons. The number of anilines is 1. The van der Waals surface area contributed by atoms with E-state index in [0.29, 0.717) is 12.1 Å². The van der Waals surface area contributed by atoms with Crippen LogP contribution in [-0.2, 0) is 9.59 Å². The summed E-state index contributed by atoms with van der Waals surface area (Å²) in [4.78, 5) is 36.8. The molecule has 21 heavy (non-hydrogen) atoms. The number of hydrogen-bond donors (Lipinski definition) is 2. The van der Waals surface area contributed by atoms with E-state index in [1.165, 1.54) is 0 Å². The molecule has 1 aliphatic rings. The molecule has 2 N–H and O–H groups in total. The number of carbonyl (C=O) groups is 3. The fourth-order valence-electron chi connectivity index (χ4n) is 2.01. The predicted octanol–water partition coefficient (Wildman–Crippen LogP) is 2.11. The van der Waals surface area contributed by atoms with Gasteiger partial charge in [0.1, 0.15) is 12.1 Å². The number of urea groups is 1. The fraction of sp³-hybridized carbons (Fsp3) is 0.357. The molecule has 1 atom stereocenters. The Hall–Kier alpha value is -1.89. The summed E-state index contributed by atoms with van der Waals surface area (Å²) in [6.45, 7) is 3.17. The minimum absolute atomic E-state index is 0.295. The lowest BCUT2D eigenvalue weighted by molar-refractivity contribution is -0.133. The number of amides is 4. The van der Waals surface area contributed by atoms with Gasteiger partial charge in [-0.25, -0.2) is 4.79 Å². The van der Waals surface area contributed by atoms with Gasteiger partial charge in [-0.3, -0.25) is 14.5 Å². The minimum Gasteiger partial charge on any atom is -0.325 e. The Bertz CT molecular complexity index is 588. The molecule has 7 heteroatoms. The molecule has 1 heterocycles. The van der Waals surface area contributed by atoms with Gasteiger partial charge >= 0.3 is 6.03 Å². The van der Waals surface area contributed by atoms with Gasteiger partial charge in [-0.05, 0) is 37.6 Å². The van der Waals surface area contributed by atoms with Crippen molar-refractivity contribution in [2.75, 3.05) is 11.9 Å². The Morgan fingerprint density at radius 3 is 2.48 bits per heavy atom. The number of hydrogen-bond acceptors (Lipinski definition) is 3. The third-order valence-corrected chi connectivity index (χ3v) is 4.01. The first-order valence-corrected chi connectivity index (χ1v) is 7.34. The molecule has 1 aromatic rings. The highest BCUT2D eigenvalue weighted by Gasteiger charge is 2.46. The molecular formula is C14H16BrN3O3. The third-order valence-electron chi connectivity index (χ3n) is 3.48. The summed E-state index contributed by atoms with van der Waals surface area (Å²) in [6, 6.07) is 6.50. The number of nitrogens with one attached hydrogen (secondary N) is 2. The summed E-state index contributed by atoms with van der Waals surface area (Å²) in [7, 11) is 0. The maximum absolute atomic E-state index is 12.2. The molecule has 1 saturated heterocycles. The molecule has 4 amide bonds. The van der Waals surface area contributed by atoms with Crippen LogP contribution < -0.4 is 10.6 Å². The second kappa shape index (κ2) is 5.85. The maximum Gasteiger partial charge on any atom is 0.325 e. The van der Waals surface area contributed by atoms with Crippen LogP contribution in [-0.4, -0.2) is 34.8 Å². The molecule has 1 fully saturated rings. The number of carbonyl (C=O) groups excluding carboxylic acids is 3. The maximum atomic E-state index is 12.2. The van der Waals surface area contributed by atoms with Gasteiger partial charge in [-0.15, -0.1) is 0 Å². The Kier molecular flexibility index (Phi) is 4.32. The summed E-state index contributed by atoms with van der Waals surface area (Å²) in [6.07, 6.45) is 0.475. The Morgan fingerprint density at radius 1 is 1.33 bits per heavy atom. The number of halogens is 1. The van der Waals surface area contributed by atoms with E-state index >= 15 is 0 Å². The molecule has 0 aromatic heterocycles. The number of rotatable bonds is 4. The van der Waals surface area contributed by atoms with E-state index in [2.05, 4.69) is 26.6 Å². The summed E-state index contributed by atoms with van der Waals surface area (Å²) in [5.74, 6) is -0.790. The van der Waals surface area contributed by atoms with E-state index in [4.69, 9.17) is 0 Å². The van der Waals surface area contributed by atoms with Crippen molar-refractivity contribution in [1.29, 1.82) is 0 Å². The Morgan fingerprint density at radius 2 is 1.95 bits per heavy atom. The van der Waals surface area contributed by atoms with E-state index in [1.54, 1.807) is 31.2 Å². The molecule has 2 rings (SSSR count). The van der Waals surface area contributed by atoms with Crippen molar-refractivity contribution in [3.8, 4) is 0 Å². The fourth-order valence-corrected chi connectivity index (χ4v) is 2.27. The first-order chi connectivity index (χ1) is 9.85. The zero-order chi connectivity index (χ0) is 15.6. The van der Waals surface area contributed by atoms with E-state index < -0.39 is 17.5 Å². The van der Waals surface area contributed by atoms with Crippen LogP contribution in [0, 0.1) is 0 Å². The number of imide groups is 1. The Labute approximate surface area is 131 Å². The molecule has 1 aromatic carbocycles. The summed E-state index contributed by atoms with van der Waals surface area (Å²) < 4.78 is 0.897. The van der Waals surface area contributed by atoms with E-state index in [0.717, 1.165) is 9.37 Å². The van der Waals surface area contributed by atoms with Gasteiger partial charge in [0.25, 0.3) is 5.91 Å². The van der Waals surface area contributed by atoms with E-state index in [-0.39, 0.29) is 12.5 Å². The predicted molar refractivity (Wildman–Crippen MR) is 81.7 cm³/mol. The van der Waals surface area contributed by atoms with Gasteiger partial charge in [0, 0.05) is 10.2 Å². The lowest BCUT2D eigenvalue weighted by Gasteiger charge is -2.19. The second-order valence-electron chi connectivity index (χ2n) is 5.06. The quantitative estimate of drug-likeness (QED) is 0.813. The summed E-state index contributed by atoms with van der Waals surface area (Å²) in [5.41, 5.74) is -0.317. The molecule has 0 unspecified atom stereocenters.